The van der Waals surface area contributed by atoms with Gasteiger partial charge in [0.25, 0.3) is 5.91 Å². The molecule has 2 aliphatic rings. The Hall–Kier alpha value is -4.85. The average Bonchev–Trinajstić information content (AvgIpc) is 3.75. The molecule has 1 saturated carbocycles. The predicted molar refractivity (Wildman–Crippen MR) is 154 cm³/mol. The molecule has 0 saturated heterocycles. The first-order valence-electron chi connectivity index (χ1n) is 14.2. The van der Waals surface area contributed by atoms with Gasteiger partial charge in [-0.05, 0) is 68.3 Å². The van der Waals surface area contributed by atoms with Crippen LogP contribution >= 0.6 is 0 Å². The van der Waals surface area contributed by atoms with Crippen molar-refractivity contribution in [1.82, 2.24) is 20.6 Å². The molecule has 0 radical (unpaired) electrons. The zero-order valence-corrected chi connectivity index (χ0v) is 24.5. The fourth-order valence-corrected chi connectivity index (χ4v) is 5.31. The van der Waals surface area contributed by atoms with Crippen LogP contribution in [0.1, 0.15) is 48.3 Å². The fraction of sp³-hybridized carbons (Fsp3) is 0.312. The minimum absolute atomic E-state index is 0.0420. The SMILES string of the molecule is CC(=O)N[C@@]1(C)COc2c1cc([C@@](O)(CNC(=O)c1cc(OC3CC3)c3ncc(F)cc3c1)C(F)(F)F)nc2-c1ccc(F)cc1. The van der Waals surface area contributed by atoms with E-state index in [4.69, 9.17) is 9.47 Å². The van der Waals surface area contributed by atoms with Crippen LogP contribution in [0.5, 0.6) is 11.5 Å². The van der Waals surface area contributed by atoms with Crippen molar-refractivity contribution in [2.75, 3.05) is 13.2 Å². The van der Waals surface area contributed by atoms with Crippen LogP contribution in [0.15, 0.2) is 54.7 Å². The number of hydrogen-bond donors (Lipinski definition) is 3. The molecule has 2 aromatic carbocycles. The number of aromatic nitrogens is 2. The number of halogens is 5. The Kier molecular flexibility index (Phi) is 7.58. The highest BCUT2D eigenvalue weighted by atomic mass is 19.4. The van der Waals surface area contributed by atoms with E-state index in [0.29, 0.717) is 0 Å². The second-order valence-corrected chi connectivity index (χ2v) is 11.6. The monoisotopic (exact) mass is 642 g/mol. The van der Waals surface area contributed by atoms with Crippen molar-refractivity contribution >= 4 is 22.7 Å². The minimum atomic E-state index is -5.37. The van der Waals surface area contributed by atoms with Gasteiger partial charge in [0.05, 0.1) is 24.5 Å². The molecule has 2 atom stereocenters. The summed E-state index contributed by atoms with van der Waals surface area (Å²) in [6.07, 6.45) is -2.99. The molecule has 1 aliphatic carbocycles. The molecule has 0 bridgehead atoms. The van der Waals surface area contributed by atoms with Crippen molar-refractivity contribution in [2.45, 2.75) is 50.1 Å². The van der Waals surface area contributed by atoms with Crippen LogP contribution in [0.2, 0.25) is 0 Å². The predicted octanol–water partition coefficient (Wildman–Crippen LogP) is 5.04. The highest BCUT2D eigenvalue weighted by molar-refractivity contribution is 6.00. The van der Waals surface area contributed by atoms with Gasteiger partial charge in [-0.2, -0.15) is 13.2 Å². The van der Waals surface area contributed by atoms with Gasteiger partial charge in [0, 0.05) is 29.0 Å². The van der Waals surface area contributed by atoms with E-state index in [-0.39, 0.29) is 57.5 Å². The van der Waals surface area contributed by atoms with Gasteiger partial charge in [-0.15, -0.1) is 0 Å². The highest BCUT2D eigenvalue weighted by Gasteiger charge is 2.57. The average molecular weight is 643 g/mol. The van der Waals surface area contributed by atoms with Crippen LogP contribution in [-0.2, 0) is 15.9 Å². The lowest BCUT2D eigenvalue weighted by Crippen LogP contribution is -2.52. The molecule has 1 aliphatic heterocycles. The number of nitrogens with one attached hydrogen (secondary N) is 2. The number of hydrogen-bond acceptors (Lipinski definition) is 7. The van der Waals surface area contributed by atoms with Gasteiger partial charge in [0.2, 0.25) is 11.5 Å². The quantitative estimate of drug-likeness (QED) is 0.230. The van der Waals surface area contributed by atoms with E-state index in [9.17, 15) is 36.6 Å². The number of rotatable bonds is 8. The van der Waals surface area contributed by atoms with Crippen molar-refractivity contribution in [3.63, 3.8) is 0 Å². The second-order valence-electron chi connectivity index (χ2n) is 11.6. The van der Waals surface area contributed by atoms with Gasteiger partial charge in [0.15, 0.2) is 5.75 Å². The Morgan fingerprint density at radius 2 is 1.80 bits per heavy atom. The van der Waals surface area contributed by atoms with Crippen LogP contribution in [0.25, 0.3) is 22.2 Å². The molecule has 2 amide bonds. The van der Waals surface area contributed by atoms with Gasteiger partial charge in [-0.25, -0.2) is 18.7 Å². The fourth-order valence-electron chi connectivity index (χ4n) is 5.31. The number of carbonyl (C=O) groups is 2. The molecular formula is C32H27F5N4O5. The number of nitrogens with zero attached hydrogens (tertiary/aromatic N) is 2. The van der Waals surface area contributed by atoms with Crippen LogP contribution < -0.4 is 20.1 Å². The van der Waals surface area contributed by atoms with Gasteiger partial charge in [0.1, 0.15) is 40.7 Å². The van der Waals surface area contributed by atoms with Crippen LogP contribution in [0.3, 0.4) is 0 Å². The van der Waals surface area contributed by atoms with E-state index >= 15 is 0 Å². The summed E-state index contributed by atoms with van der Waals surface area (Å²) in [6, 6.07) is 9.37. The number of alkyl halides is 3. The third-order valence-electron chi connectivity index (χ3n) is 7.83. The molecule has 2 aromatic heterocycles. The first kappa shape index (κ1) is 31.1. The van der Waals surface area contributed by atoms with Gasteiger partial charge >= 0.3 is 6.18 Å². The smallest absolute Gasteiger partial charge is 0.424 e. The zero-order valence-electron chi connectivity index (χ0n) is 24.5. The number of aliphatic hydroxyl groups is 1. The summed E-state index contributed by atoms with van der Waals surface area (Å²) in [5.41, 5.74) is -5.70. The van der Waals surface area contributed by atoms with E-state index in [2.05, 4.69) is 20.6 Å². The molecule has 0 spiro atoms. The van der Waals surface area contributed by atoms with Crippen molar-refractivity contribution in [3.8, 4) is 22.8 Å². The third kappa shape index (κ3) is 5.80. The van der Waals surface area contributed by atoms with E-state index in [1.54, 1.807) is 0 Å². The summed E-state index contributed by atoms with van der Waals surface area (Å²) in [6.45, 7) is 1.22. The molecule has 3 N–H and O–H groups in total. The molecule has 1 fully saturated rings. The number of fused-ring (bicyclic) bond motifs is 2. The van der Waals surface area contributed by atoms with Crippen molar-refractivity contribution in [1.29, 1.82) is 0 Å². The van der Waals surface area contributed by atoms with Crippen LogP contribution in [0, 0.1) is 11.6 Å². The number of ether oxygens (including phenoxy) is 2. The third-order valence-corrected chi connectivity index (χ3v) is 7.83. The molecule has 46 heavy (non-hydrogen) atoms. The first-order valence-corrected chi connectivity index (χ1v) is 14.2. The first-order chi connectivity index (χ1) is 21.7. The summed E-state index contributed by atoms with van der Waals surface area (Å²) < 4.78 is 83.7. The maximum absolute atomic E-state index is 14.8. The van der Waals surface area contributed by atoms with E-state index in [0.717, 1.165) is 43.3 Å². The zero-order chi connectivity index (χ0) is 33.0. The Bertz CT molecular complexity index is 1860. The molecule has 6 rings (SSSR count). The van der Waals surface area contributed by atoms with Gasteiger partial charge < -0.3 is 25.2 Å². The molecule has 9 nitrogen and oxygen atoms in total. The standard InChI is InChI=1S/C32H27F5N4O5/c1-16(42)41-30(2)15-45-28-23(30)12-25(40-27(28)17-3-5-20(33)6-4-17)31(44,32(35,36)37)14-39-29(43)19-9-18-10-21(34)13-38-26(18)24(11-19)46-22-7-8-22/h3-6,9-13,22,44H,7-8,14-15H2,1-2H3,(H,39,43)(H,41,42)/t30-,31-/m0/s1. The van der Waals surface area contributed by atoms with Crippen LogP contribution in [-0.4, -0.2) is 52.3 Å². The van der Waals surface area contributed by atoms with E-state index in [1.807, 2.05) is 0 Å². The Morgan fingerprint density at radius 1 is 1.09 bits per heavy atom. The Balaban J connectivity index is 1.40. The lowest BCUT2D eigenvalue weighted by atomic mass is 9.88. The topological polar surface area (TPSA) is 123 Å². The summed E-state index contributed by atoms with van der Waals surface area (Å²) in [5, 5.41) is 16.3. The molecule has 4 aromatic rings. The van der Waals surface area contributed by atoms with Gasteiger partial charge in [-0.3, -0.25) is 9.59 Å². The van der Waals surface area contributed by atoms with Gasteiger partial charge in [-0.1, -0.05) is 0 Å². The molecule has 3 heterocycles. The van der Waals surface area contributed by atoms with Crippen molar-refractivity contribution < 1.29 is 46.1 Å². The minimum Gasteiger partial charge on any atom is -0.488 e. The second kappa shape index (κ2) is 11.2. The lowest BCUT2D eigenvalue weighted by Gasteiger charge is -2.32. The van der Waals surface area contributed by atoms with Crippen molar-refractivity contribution in [3.05, 3.63) is 83.2 Å². The molecular weight excluding hydrogens is 615 g/mol. The molecule has 14 heteroatoms. The van der Waals surface area contributed by atoms with E-state index < -0.39 is 53.0 Å². The lowest BCUT2D eigenvalue weighted by molar-refractivity contribution is -0.265. The van der Waals surface area contributed by atoms with E-state index in [1.165, 1.54) is 38.1 Å². The van der Waals surface area contributed by atoms with Crippen LogP contribution in [0.4, 0.5) is 22.0 Å². The summed E-state index contributed by atoms with van der Waals surface area (Å²) in [4.78, 5) is 33.5. The summed E-state index contributed by atoms with van der Waals surface area (Å²) >= 11 is 0. The van der Waals surface area contributed by atoms with Crippen molar-refractivity contribution in [2.24, 2.45) is 0 Å². The molecule has 240 valence electrons. The number of pyridine rings is 2. The number of benzene rings is 2. The molecule has 0 unspecified atom stereocenters. The number of amides is 2. The Labute approximate surface area is 258 Å². The highest BCUT2D eigenvalue weighted by Crippen LogP contribution is 2.47. The summed E-state index contributed by atoms with van der Waals surface area (Å²) in [7, 11) is 0. The summed E-state index contributed by atoms with van der Waals surface area (Å²) in [5.74, 6) is -2.59. The Morgan fingerprint density at radius 3 is 2.46 bits per heavy atom. The normalized spacial score (nSPS) is 18.8. The largest absolute Gasteiger partial charge is 0.488 e. The maximum Gasteiger partial charge on any atom is 0.424 e. The maximum atomic E-state index is 14.8. The number of carbonyl (C=O) groups excluding carboxylic acids is 2.